The van der Waals surface area contributed by atoms with Gasteiger partial charge < -0.3 is 20.1 Å². The lowest BCUT2D eigenvalue weighted by molar-refractivity contribution is 0.0953. The van der Waals surface area contributed by atoms with E-state index in [0.29, 0.717) is 30.2 Å². The molecule has 0 aliphatic heterocycles. The molecule has 0 aliphatic carbocycles. The Morgan fingerprint density at radius 1 is 1.21 bits per heavy atom. The van der Waals surface area contributed by atoms with Crippen LogP contribution in [0.25, 0.3) is 0 Å². The fourth-order valence-corrected chi connectivity index (χ4v) is 1.63. The van der Waals surface area contributed by atoms with Gasteiger partial charge in [0, 0.05) is 18.7 Å². The number of ether oxygens (including phenoxy) is 2. The number of hydrogen-bond acceptors (Lipinski definition) is 4. The summed E-state index contributed by atoms with van der Waals surface area (Å²) in [4.78, 5) is 11.9. The minimum absolute atomic E-state index is 0.112. The second kappa shape index (κ2) is 8.37. The monoisotopic (exact) mass is 266 g/mol. The van der Waals surface area contributed by atoms with Gasteiger partial charge in [0.15, 0.2) is 11.5 Å². The Bertz CT molecular complexity index is 408. The van der Waals surface area contributed by atoms with Gasteiger partial charge in [-0.15, -0.1) is 0 Å². The summed E-state index contributed by atoms with van der Waals surface area (Å²) in [5, 5.41) is 5.98. The van der Waals surface area contributed by atoms with E-state index in [-0.39, 0.29) is 5.91 Å². The second-order valence-electron chi connectivity index (χ2n) is 3.91. The average Bonchev–Trinajstić information content (AvgIpc) is 2.44. The summed E-state index contributed by atoms with van der Waals surface area (Å²) in [5.41, 5.74) is 0.566. The Kier molecular flexibility index (Phi) is 6.74. The van der Waals surface area contributed by atoms with E-state index in [2.05, 4.69) is 10.6 Å². The van der Waals surface area contributed by atoms with Crippen molar-refractivity contribution < 1.29 is 14.3 Å². The second-order valence-corrected chi connectivity index (χ2v) is 3.91. The van der Waals surface area contributed by atoms with Crippen LogP contribution in [0.1, 0.15) is 24.2 Å². The van der Waals surface area contributed by atoms with Crippen molar-refractivity contribution in [1.82, 2.24) is 10.6 Å². The van der Waals surface area contributed by atoms with Crippen molar-refractivity contribution in [3.8, 4) is 11.5 Å². The highest BCUT2D eigenvalue weighted by Crippen LogP contribution is 2.27. The Morgan fingerprint density at radius 2 is 2.00 bits per heavy atom. The molecule has 1 amide bonds. The molecule has 0 aliphatic rings. The van der Waals surface area contributed by atoms with E-state index in [4.69, 9.17) is 9.47 Å². The van der Waals surface area contributed by atoms with Crippen molar-refractivity contribution in [3.63, 3.8) is 0 Å². The molecular formula is C14H22N2O3. The predicted molar refractivity (Wildman–Crippen MR) is 75.0 cm³/mol. The van der Waals surface area contributed by atoms with Gasteiger partial charge in [-0.3, -0.25) is 4.79 Å². The van der Waals surface area contributed by atoms with Crippen LogP contribution in [-0.2, 0) is 0 Å². The largest absolute Gasteiger partial charge is 0.493 e. The minimum Gasteiger partial charge on any atom is -0.493 e. The molecule has 0 fully saturated rings. The topological polar surface area (TPSA) is 59.6 Å². The lowest BCUT2D eigenvalue weighted by atomic mass is 10.2. The number of benzene rings is 1. The molecule has 1 aromatic rings. The van der Waals surface area contributed by atoms with Gasteiger partial charge >= 0.3 is 0 Å². The van der Waals surface area contributed by atoms with Crippen LogP contribution in [0.5, 0.6) is 11.5 Å². The molecule has 0 unspecified atom stereocenters. The van der Waals surface area contributed by atoms with E-state index >= 15 is 0 Å². The molecule has 0 bridgehead atoms. The summed E-state index contributed by atoms with van der Waals surface area (Å²) in [7, 11) is 1.56. The summed E-state index contributed by atoms with van der Waals surface area (Å²) in [6, 6.07) is 5.17. The third-order valence-corrected chi connectivity index (χ3v) is 2.56. The first-order valence-electron chi connectivity index (χ1n) is 6.52. The molecule has 0 atom stereocenters. The van der Waals surface area contributed by atoms with Crippen LogP contribution >= 0.6 is 0 Å². The van der Waals surface area contributed by atoms with Gasteiger partial charge in [-0.2, -0.15) is 0 Å². The van der Waals surface area contributed by atoms with Crippen LogP contribution in [0.15, 0.2) is 18.2 Å². The van der Waals surface area contributed by atoms with Gasteiger partial charge in [0.25, 0.3) is 5.91 Å². The molecule has 0 heterocycles. The standard InChI is InChI=1S/C14H22N2O3/c1-4-15-8-9-16-14(17)11-6-7-12(19-5-2)13(10-11)18-3/h6-7,10,15H,4-5,8-9H2,1-3H3,(H,16,17). The first-order chi connectivity index (χ1) is 9.22. The number of likely N-dealkylation sites (N-methyl/N-ethyl adjacent to an activating group) is 1. The van der Waals surface area contributed by atoms with E-state index in [9.17, 15) is 4.79 Å². The third-order valence-electron chi connectivity index (χ3n) is 2.56. The molecule has 0 spiro atoms. The molecule has 0 radical (unpaired) electrons. The fourth-order valence-electron chi connectivity index (χ4n) is 1.63. The van der Waals surface area contributed by atoms with Gasteiger partial charge in [0.2, 0.25) is 0 Å². The van der Waals surface area contributed by atoms with E-state index in [1.807, 2.05) is 13.8 Å². The molecule has 5 nitrogen and oxygen atoms in total. The fraction of sp³-hybridized carbons (Fsp3) is 0.500. The van der Waals surface area contributed by atoms with Crippen molar-refractivity contribution in [2.75, 3.05) is 33.4 Å². The third kappa shape index (κ3) is 4.79. The molecule has 2 N–H and O–H groups in total. The molecule has 0 saturated carbocycles. The van der Waals surface area contributed by atoms with Crippen molar-refractivity contribution in [2.45, 2.75) is 13.8 Å². The van der Waals surface area contributed by atoms with Gasteiger partial charge in [-0.05, 0) is 31.7 Å². The van der Waals surface area contributed by atoms with Crippen LogP contribution in [-0.4, -0.2) is 39.3 Å². The number of rotatable bonds is 8. The number of methoxy groups -OCH3 is 1. The molecule has 0 saturated heterocycles. The predicted octanol–water partition coefficient (Wildman–Crippen LogP) is 1.43. The molecule has 1 rings (SSSR count). The van der Waals surface area contributed by atoms with Gasteiger partial charge in [0.05, 0.1) is 13.7 Å². The van der Waals surface area contributed by atoms with Crippen LogP contribution in [0.2, 0.25) is 0 Å². The molecular weight excluding hydrogens is 244 g/mol. The zero-order valence-electron chi connectivity index (χ0n) is 11.8. The highest BCUT2D eigenvalue weighted by Gasteiger charge is 2.10. The van der Waals surface area contributed by atoms with Crippen molar-refractivity contribution >= 4 is 5.91 Å². The van der Waals surface area contributed by atoms with Gasteiger partial charge in [-0.1, -0.05) is 6.92 Å². The number of carbonyl (C=O) groups excluding carboxylic acids is 1. The summed E-state index contributed by atoms with van der Waals surface area (Å²) in [5.74, 6) is 1.11. The lowest BCUT2D eigenvalue weighted by Gasteiger charge is -2.11. The van der Waals surface area contributed by atoms with Crippen LogP contribution < -0.4 is 20.1 Å². The maximum atomic E-state index is 11.9. The van der Waals surface area contributed by atoms with Gasteiger partial charge in [-0.25, -0.2) is 0 Å². The molecule has 106 valence electrons. The van der Waals surface area contributed by atoms with Crippen LogP contribution in [0, 0.1) is 0 Å². The Balaban J connectivity index is 2.64. The highest BCUT2D eigenvalue weighted by molar-refractivity contribution is 5.94. The Morgan fingerprint density at radius 3 is 2.63 bits per heavy atom. The van der Waals surface area contributed by atoms with Crippen LogP contribution in [0.4, 0.5) is 0 Å². The molecule has 1 aromatic carbocycles. The van der Waals surface area contributed by atoms with E-state index in [0.717, 1.165) is 13.1 Å². The summed E-state index contributed by atoms with van der Waals surface area (Å²) in [6.45, 7) is 6.75. The maximum absolute atomic E-state index is 11.9. The quantitative estimate of drug-likeness (QED) is 0.699. The number of hydrogen-bond donors (Lipinski definition) is 2. The van der Waals surface area contributed by atoms with E-state index in [1.165, 1.54) is 0 Å². The van der Waals surface area contributed by atoms with E-state index in [1.54, 1.807) is 25.3 Å². The summed E-state index contributed by atoms with van der Waals surface area (Å²) < 4.78 is 10.6. The zero-order valence-corrected chi connectivity index (χ0v) is 11.8. The maximum Gasteiger partial charge on any atom is 0.251 e. The number of nitrogens with one attached hydrogen (secondary N) is 2. The summed E-state index contributed by atoms with van der Waals surface area (Å²) in [6.07, 6.45) is 0. The first kappa shape index (κ1) is 15.3. The smallest absolute Gasteiger partial charge is 0.251 e. The van der Waals surface area contributed by atoms with Crippen molar-refractivity contribution in [1.29, 1.82) is 0 Å². The Labute approximate surface area is 114 Å². The SMILES string of the molecule is CCNCCNC(=O)c1ccc(OCC)c(OC)c1. The molecule has 0 aromatic heterocycles. The number of carbonyl (C=O) groups is 1. The van der Waals surface area contributed by atoms with Gasteiger partial charge in [0.1, 0.15) is 0 Å². The average molecular weight is 266 g/mol. The summed E-state index contributed by atoms with van der Waals surface area (Å²) >= 11 is 0. The van der Waals surface area contributed by atoms with Crippen molar-refractivity contribution in [2.24, 2.45) is 0 Å². The molecule has 19 heavy (non-hydrogen) atoms. The minimum atomic E-state index is -0.112. The van der Waals surface area contributed by atoms with Crippen LogP contribution in [0.3, 0.4) is 0 Å². The number of amides is 1. The lowest BCUT2D eigenvalue weighted by Crippen LogP contribution is -2.31. The van der Waals surface area contributed by atoms with Crippen molar-refractivity contribution in [3.05, 3.63) is 23.8 Å². The normalized spacial score (nSPS) is 10.1. The molecule has 5 heteroatoms. The first-order valence-corrected chi connectivity index (χ1v) is 6.52. The van der Waals surface area contributed by atoms with E-state index < -0.39 is 0 Å². The zero-order chi connectivity index (χ0) is 14.1. The highest BCUT2D eigenvalue weighted by atomic mass is 16.5. The Hall–Kier alpha value is -1.75.